The number of fused-ring (bicyclic) bond motifs is 2. The first-order valence-electron chi connectivity index (χ1n) is 10.8. The molecule has 6 nitrogen and oxygen atoms in total. The number of H-pyrrole nitrogens is 1. The molecule has 0 amide bonds. The van der Waals surface area contributed by atoms with Crippen LogP contribution in [0.1, 0.15) is 50.3 Å². The van der Waals surface area contributed by atoms with Crippen LogP contribution in [0, 0.1) is 28.9 Å². The maximum Gasteiger partial charge on any atom is 0.306 e. The molecule has 0 radical (unpaired) electrons. The maximum absolute atomic E-state index is 16.0. The Bertz CT molecular complexity index is 1440. The highest BCUT2D eigenvalue weighted by atomic mass is 19.1. The van der Waals surface area contributed by atoms with Crippen molar-refractivity contribution in [3.8, 4) is 11.8 Å². The number of aromatic amines is 1. The summed E-state index contributed by atoms with van der Waals surface area (Å²) in [4.78, 5) is 11.5. The Labute approximate surface area is 188 Å². The minimum absolute atomic E-state index is 0.168. The van der Waals surface area contributed by atoms with Crippen LogP contribution < -0.4 is 0 Å². The van der Waals surface area contributed by atoms with E-state index in [0.717, 1.165) is 11.3 Å². The molecule has 0 atom stereocenters. The van der Waals surface area contributed by atoms with Crippen molar-refractivity contribution in [2.75, 3.05) is 0 Å². The lowest BCUT2D eigenvalue weighted by Crippen LogP contribution is -2.31. The number of benzene rings is 2. The van der Waals surface area contributed by atoms with Gasteiger partial charge in [0.25, 0.3) is 0 Å². The van der Waals surface area contributed by atoms with Crippen LogP contribution in [0.2, 0.25) is 0 Å². The zero-order valence-electron chi connectivity index (χ0n) is 18.2. The van der Waals surface area contributed by atoms with Gasteiger partial charge in [0, 0.05) is 34.0 Å². The minimum atomic E-state index is -0.859. The molecule has 8 heteroatoms. The second-order valence-electron chi connectivity index (χ2n) is 9.42. The summed E-state index contributed by atoms with van der Waals surface area (Å²) in [6.45, 7) is 3.85. The van der Waals surface area contributed by atoms with Crippen LogP contribution in [0.3, 0.4) is 0 Å². The Morgan fingerprint density at radius 2 is 2.00 bits per heavy atom. The molecule has 5 rings (SSSR count). The fourth-order valence-corrected chi connectivity index (χ4v) is 5.09. The lowest BCUT2D eigenvalue weighted by Gasteiger charge is -2.36. The number of hydrogen-bond acceptors (Lipinski definition) is 3. The van der Waals surface area contributed by atoms with Gasteiger partial charge >= 0.3 is 5.97 Å². The van der Waals surface area contributed by atoms with Crippen molar-refractivity contribution in [3.63, 3.8) is 0 Å². The molecule has 2 heterocycles. The Kier molecular flexibility index (Phi) is 4.74. The molecule has 0 spiro atoms. The predicted molar refractivity (Wildman–Crippen MR) is 119 cm³/mol. The van der Waals surface area contributed by atoms with Crippen molar-refractivity contribution in [1.29, 1.82) is 5.26 Å². The number of carboxylic acids is 1. The van der Waals surface area contributed by atoms with E-state index in [1.165, 1.54) is 12.1 Å². The third kappa shape index (κ3) is 3.18. The Morgan fingerprint density at radius 1 is 1.30 bits per heavy atom. The third-order valence-electron chi connectivity index (χ3n) is 6.79. The number of nitrogens with one attached hydrogen (secondary N) is 1. The molecule has 2 aromatic heterocycles. The van der Waals surface area contributed by atoms with Crippen molar-refractivity contribution in [2.45, 2.75) is 44.4 Å². The third-order valence-corrected chi connectivity index (χ3v) is 6.79. The van der Waals surface area contributed by atoms with Crippen LogP contribution in [0.4, 0.5) is 8.78 Å². The van der Waals surface area contributed by atoms with E-state index in [-0.39, 0.29) is 23.7 Å². The highest BCUT2D eigenvalue weighted by Crippen LogP contribution is 2.51. The number of halogens is 2. The predicted octanol–water partition coefficient (Wildman–Crippen LogP) is 5.55. The van der Waals surface area contributed by atoms with E-state index >= 15 is 4.39 Å². The van der Waals surface area contributed by atoms with Gasteiger partial charge in [-0.05, 0) is 54.7 Å². The van der Waals surface area contributed by atoms with Gasteiger partial charge in [-0.15, -0.1) is 0 Å². The van der Waals surface area contributed by atoms with Gasteiger partial charge in [-0.3, -0.25) is 9.89 Å². The van der Waals surface area contributed by atoms with E-state index in [9.17, 15) is 19.6 Å². The quantitative estimate of drug-likeness (QED) is 0.418. The summed E-state index contributed by atoms with van der Waals surface area (Å²) in [6, 6.07) is 10.0. The number of hydrogen-bond donors (Lipinski definition) is 2. The lowest BCUT2D eigenvalue weighted by molar-refractivity contribution is -0.145. The average molecular weight is 448 g/mol. The van der Waals surface area contributed by atoms with E-state index in [0.29, 0.717) is 34.8 Å². The van der Waals surface area contributed by atoms with Gasteiger partial charge < -0.3 is 9.67 Å². The van der Waals surface area contributed by atoms with Crippen molar-refractivity contribution in [2.24, 2.45) is 5.92 Å². The number of aromatic nitrogens is 3. The second-order valence-corrected chi connectivity index (χ2v) is 9.42. The van der Waals surface area contributed by atoms with E-state index in [4.69, 9.17) is 0 Å². The lowest BCUT2D eigenvalue weighted by atomic mass is 9.68. The molecule has 33 heavy (non-hydrogen) atoms. The smallest absolute Gasteiger partial charge is 0.306 e. The van der Waals surface area contributed by atoms with Crippen LogP contribution in [-0.4, -0.2) is 25.8 Å². The van der Waals surface area contributed by atoms with Crippen molar-refractivity contribution >= 4 is 27.8 Å². The van der Waals surface area contributed by atoms with Gasteiger partial charge in [0.15, 0.2) is 5.82 Å². The molecule has 1 aliphatic carbocycles. The first-order chi connectivity index (χ1) is 15.7. The number of carboxylic acid groups (broad SMARTS) is 1. The summed E-state index contributed by atoms with van der Waals surface area (Å²) in [5.41, 5.74) is 2.30. The van der Waals surface area contributed by atoms with Gasteiger partial charge in [0.05, 0.1) is 23.7 Å². The van der Waals surface area contributed by atoms with Gasteiger partial charge in [-0.25, -0.2) is 8.78 Å². The Hall–Kier alpha value is -3.73. The number of carbonyl (C=O) groups is 1. The summed E-state index contributed by atoms with van der Waals surface area (Å²) in [7, 11) is 0. The normalized spacial score (nSPS) is 18.4. The minimum Gasteiger partial charge on any atom is -0.481 e. The van der Waals surface area contributed by atoms with E-state index < -0.39 is 23.1 Å². The molecular formula is C25H22F2N4O2. The first kappa shape index (κ1) is 21.1. The number of aliphatic carboxylic acids is 1. The molecule has 0 saturated heterocycles. The molecule has 1 aliphatic rings. The number of nitrogens with zero attached hydrogens (tertiary/aromatic N) is 3. The molecule has 0 bridgehead atoms. The van der Waals surface area contributed by atoms with Crippen molar-refractivity contribution < 1.29 is 18.7 Å². The highest BCUT2D eigenvalue weighted by molar-refractivity contribution is 6.00. The molecule has 0 unspecified atom stereocenters. The molecule has 2 aromatic carbocycles. The molecule has 1 fully saturated rings. The standard InChI is InChI=1S/C25H22F2N4O2/c1-25(2,7-8-28)23-19(13-9-14(10-13)24(32)33)20-18(11-15-12-29-30-22(15)21(20)27)31(23)17-5-3-16(26)4-6-17/h3-6,11-14H,7,9-10H2,1-2H3,(H,29,30)(H,32,33). The van der Waals surface area contributed by atoms with Gasteiger partial charge in [0.1, 0.15) is 11.3 Å². The number of nitriles is 1. The largest absolute Gasteiger partial charge is 0.481 e. The monoisotopic (exact) mass is 448 g/mol. The van der Waals surface area contributed by atoms with Gasteiger partial charge in [-0.1, -0.05) is 13.8 Å². The molecule has 4 aromatic rings. The molecule has 2 N–H and O–H groups in total. The van der Waals surface area contributed by atoms with Crippen LogP contribution >= 0.6 is 0 Å². The fourth-order valence-electron chi connectivity index (χ4n) is 5.09. The van der Waals surface area contributed by atoms with E-state index in [1.807, 2.05) is 24.5 Å². The number of rotatable bonds is 5. The summed E-state index contributed by atoms with van der Waals surface area (Å²) in [5.74, 6) is -2.35. The SMILES string of the molecule is CC(C)(CC#N)c1c(C2CC(C(=O)O)C2)c2c(F)c3[nH]ncc3cc2n1-c1ccc(F)cc1. The van der Waals surface area contributed by atoms with Crippen LogP contribution in [-0.2, 0) is 10.2 Å². The fraction of sp³-hybridized carbons (Fsp3) is 0.320. The van der Waals surface area contributed by atoms with Gasteiger partial charge in [0.2, 0.25) is 0 Å². The maximum atomic E-state index is 16.0. The topological polar surface area (TPSA) is 94.7 Å². The Morgan fingerprint density at radius 3 is 2.64 bits per heavy atom. The molecule has 168 valence electrons. The van der Waals surface area contributed by atoms with E-state index in [2.05, 4.69) is 16.3 Å². The van der Waals surface area contributed by atoms with Crippen LogP contribution in [0.5, 0.6) is 0 Å². The summed E-state index contributed by atoms with van der Waals surface area (Å²) in [6.07, 6.45) is 2.51. The van der Waals surface area contributed by atoms with Crippen LogP contribution in [0.15, 0.2) is 36.5 Å². The van der Waals surface area contributed by atoms with Crippen molar-refractivity contribution in [1.82, 2.24) is 14.8 Å². The zero-order valence-corrected chi connectivity index (χ0v) is 18.2. The van der Waals surface area contributed by atoms with Gasteiger partial charge in [-0.2, -0.15) is 10.4 Å². The Balaban J connectivity index is 1.90. The average Bonchev–Trinajstić information content (AvgIpc) is 3.31. The van der Waals surface area contributed by atoms with Crippen LogP contribution in [0.25, 0.3) is 27.5 Å². The molecule has 0 aliphatic heterocycles. The molecule has 1 saturated carbocycles. The highest BCUT2D eigenvalue weighted by Gasteiger charge is 2.42. The first-order valence-corrected chi connectivity index (χ1v) is 10.8. The summed E-state index contributed by atoms with van der Waals surface area (Å²) in [5, 5.41) is 26.7. The summed E-state index contributed by atoms with van der Waals surface area (Å²) >= 11 is 0. The summed E-state index contributed by atoms with van der Waals surface area (Å²) < 4.78 is 31.6. The second kappa shape index (κ2) is 7.41. The zero-order chi connectivity index (χ0) is 23.5. The van der Waals surface area contributed by atoms with E-state index in [1.54, 1.807) is 18.3 Å². The molecular weight excluding hydrogens is 426 g/mol. The van der Waals surface area contributed by atoms with Crippen molar-refractivity contribution in [3.05, 3.63) is 59.4 Å².